The molecule has 0 amide bonds. The minimum Gasteiger partial charge on any atom is -0.476 e. The molecule has 0 saturated carbocycles. The Balaban J connectivity index is 2.19. The van der Waals surface area contributed by atoms with Gasteiger partial charge in [-0.1, -0.05) is 6.92 Å². The molecule has 10 heteroatoms. The van der Waals surface area contributed by atoms with Crippen molar-refractivity contribution in [3.8, 4) is 0 Å². The standard InChI is InChI=1S/C17H24N4O6/c1-4-17(2,3)16(26)27-10-11(21-8-6-13(19-21)15(24)25)9-20-7-5-12(18-20)14(22)23/h5-8,11,14,22-23H,4,9-10H2,1-3H3,(H,24,25). The number of hydrogen-bond acceptors (Lipinski definition) is 7. The van der Waals surface area contributed by atoms with Gasteiger partial charge in [0.25, 0.3) is 0 Å². The lowest BCUT2D eigenvalue weighted by Crippen LogP contribution is -2.30. The molecule has 1 unspecified atom stereocenters. The summed E-state index contributed by atoms with van der Waals surface area (Å²) in [6.45, 7) is 5.59. The Kier molecular flexibility index (Phi) is 6.34. The van der Waals surface area contributed by atoms with Crippen molar-refractivity contribution in [2.24, 2.45) is 5.41 Å². The molecule has 0 bridgehead atoms. The summed E-state index contributed by atoms with van der Waals surface area (Å²) < 4.78 is 8.26. The minimum atomic E-state index is -1.70. The topological polar surface area (TPSA) is 140 Å². The Bertz CT molecular complexity index is 795. The molecule has 0 spiro atoms. The Labute approximate surface area is 156 Å². The fourth-order valence-electron chi connectivity index (χ4n) is 2.21. The van der Waals surface area contributed by atoms with Crippen molar-refractivity contribution < 1.29 is 29.6 Å². The lowest BCUT2D eigenvalue weighted by Gasteiger charge is -2.23. The van der Waals surface area contributed by atoms with E-state index in [9.17, 15) is 19.8 Å². The second-order valence-electron chi connectivity index (χ2n) is 6.81. The first kappa shape index (κ1) is 20.6. The molecular weight excluding hydrogens is 356 g/mol. The molecule has 0 radical (unpaired) electrons. The summed E-state index contributed by atoms with van der Waals surface area (Å²) in [6, 6.07) is 2.26. The third-order valence-corrected chi connectivity index (χ3v) is 4.37. The van der Waals surface area contributed by atoms with Gasteiger partial charge in [0.2, 0.25) is 0 Å². The number of aliphatic hydroxyl groups is 2. The van der Waals surface area contributed by atoms with Crippen LogP contribution in [0.5, 0.6) is 0 Å². The van der Waals surface area contributed by atoms with E-state index in [1.165, 1.54) is 27.7 Å². The number of aromatic carboxylic acids is 1. The van der Waals surface area contributed by atoms with Gasteiger partial charge in [-0.2, -0.15) is 10.2 Å². The maximum absolute atomic E-state index is 12.3. The molecule has 3 N–H and O–H groups in total. The molecule has 0 aromatic carbocycles. The van der Waals surface area contributed by atoms with Crippen LogP contribution in [-0.2, 0) is 16.1 Å². The Hall–Kier alpha value is -2.72. The van der Waals surface area contributed by atoms with E-state index in [2.05, 4.69) is 10.2 Å². The number of aliphatic hydroxyl groups excluding tert-OH is 1. The van der Waals surface area contributed by atoms with Gasteiger partial charge in [-0.05, 0) is 32.4 Å². The zero-order valence-corrected chi connectivity index (χ0v) is 15.4. The average Bonchev–Trinajstić information content (AvgIpc) is 3.27. The van der Waals surface area contributed by atoms with Crippen molar-refractivity contribution in [1.82, 2.24) is 19.6 Å². The Morgan fingerprint density at radius 3 is 2.44 bits per heavy atom. The Morgan fingerprint density at radius 2 is 1.93 bits per heavy atom. The molecule has 0 saturated heterocycles. The number of carboxylic acid groups (broad SMARTS) is 1. The van der Waals surface area contributed by atoms with Gasteiger partial charge < -0.3 is 20.1 Å². The maximum atomic E-state index is 12.3. The normalized spacial score (nSPS) is 13.0. The molecule has 0 aliphatic rings. The fourth-order valence-corrected chi connectivity index (χ4v) is 2.21. The van der Waals surface area contributed by atoms with Gasteiger partial charge in [0.1, 0.15) is 18.3 Å². The quantitative estimate of drug-likeness (QED) is 0.432. The summed E-state index contributed by atoms with van der Waals surface area (Å²) in [7, 11) is 0. The molecule has 0 aliphatic heterocycles. The second-order valence-corrected chi connectivity index (χ2v) is 6.81. The lowest BCUT2D eigenvalue weighted by atomic mass is 9.91. The maximum Gasteiger partial charge on any atom is 0.356 e. The highest BCUT2D eigenvalue weighted by Crippen LogP contribution is 2.22. The number of ether oxygens (including phenoxy) is 1. The monoisotopic (exact) mass is 380 g/mol. The SMILES string of the molecule is CCC(C)(C)C(=O)OCC(Cn1ccc(C(O)O)n1)n1ccc(C(=O)O)n1. The molecule has 1 atom stereocenters. The average molecular weight is 380 g/mol. The van der Waals surface area contributed by atoms with Crippen LogP contribution in [0.4, 0.5) is 0 Å². The van der Waals surface area contributed by atoms with Crippen molar-refractivity contribution >= 4 is 11.9 Å². The number of carbonyl (C=O) groups excluding carboxylic acids is 1. The van der Waals surface area contributed by atoms with Crippen LogP contribution >= 0.6 is 0 Å². The number of nitrogens with zero attached hydrogens (tertiary/aromatic N) is 4. The first-order valence-corrected chi connectivity index (χ1v) is 8.49. The van der Waals surface area contributed by atoms with E-state index in [-0.39, 0.29) is 30.5 Å². The van der Waals surface area contributed by atoms with E-state index in [4.69, 9.17) is 9.84 Å². The van der Waals surface area contributed by atoms with E-state index < -0.39 is 23.7 Å². The van der Waals surface area contributed by atoms with Gasteiger partial charge in [-0.15, -0.1) is 0 Å². The van der Waals surface area contributed by atoms with Gasteiger partial charge in [0, 0.05) is 12.4 Å². The van der Waals surface area contributed by atoms with Gasteiger partial charge in [0.05, 0.1) is 12.0 Å². The highest BCUT2D eigenvalue weighted by molar-refractivity contribution is 5.85. The zero-order chi connectivity index (χ0) is 20.2. The van der Waals surface area contributed by atoms with Crippen molar-refractivity contribution in [1.29, 1.82) is 0 Å². The van der Waals surface area contributed by atoms with Crippen LogP contribution in [0.1, 0.15) is 55.7 Å². The number of carboxylic acids is 1. The van der Waals surface area contributed by atoms with E-state index in [0.29, 0.717) is 6.42 Å². The number of esters is 1. The summed E-state index contributed by atoms with van der Waals surface area (Å²) in [4.78, 5) is 23.3. The first-order valence-electron chi connectivity index (χ1n) is 8.49. The van der Waals surface area contributed by atoms with E-state index in [1.807, 2.05) is 6.92 Å². The van der Waals surface area contributed by atoms with Crippen LogP contribution in [0.25, 0.3) is 0 Å². The van der Waals surface area contributed by atoms with Crippen LogP contribution in [-0.4, -0.2) is 53.4 Å². The summed E-state index contributed by atoms with van der Waals surface area (Å²) >= 11 is 0. The van der Waals surface area contributed by atoms with Crippen molar-refractivity contribution in [2.45, 2.75) is 46.1 Å². The van der Waals surface area contributed by atoms with Gasteiger partial charge in [0.15, 0.2) is 12.0 Å². The summed E-state index contributed by atoms with van der Waals surface area (Å²) in [5.41, 5.74) is -0.697. The van der Waals surface area contributed by atoms with Gasteiger partial charge >= 0.3 is 11.9 Å². The Morgan fingerprint density at radius 1 is 1.22 bits per heavy atom. The lowest BCUT2D eigenvalue weighted by molar-refractivity contribution is -0.155. The predicted molar refractivity (Wildman–Crippen MR) is 92.7 cm³/mol. The highest BCUT2D eigenvalue weighted by atomic mass is 16.5. The second kappa shape index (κ2) is 8.31. The largest absolute Gasteiger partial charge is 0.476 e. The molecule has 0 aliphatic carbocycles. The fraction of sp³-hybridized carbons (Fsp3) is 0.529. The molecule has 148 valence electrons. The van der Waals surface area contributed by atoms with Crippen molar-refractivity contribution in [3.05, 3.63) is 35.9 Å². The van der Waals surface area contributed by atoms with Gasteiger partial charge in [-0.3, -0.25) is 14.2 Å². The molecule has 2 aromatic rings. The third kappa shape index (κ3) is 5.14. The smallest absolute Gasteiger partial charge is 0.356 e. The van der Waals surface area contributed by atoms with Crippen molar-refractivity contribution in [2.75, 3.05) is 6.61 Å². The summed E-state index contributed by atoms with van der Waals surface area (Å²) in [5.74, 6) is -1.53. The summed E-state index contributed by atoms with van der Waals surface area (Å²) in [5, 5.41) is 35.4. The summed E-state index contributed by atoms with van der Waals surface area (Å²) in [6.07, 6.45) is 1.94. The van der Waals surface area contributed by atoms with Crippen LogP contribution in [0.15, 0.2) is 24.5 Å². The molecule has 2 aromatic heterocycles. The molecule has 2 rings (SSSR count). The molecule has 0 fully saturated rings. The zero-order valence-electron chi connectivity index (χ0n) is 15.4. The first-order chi connectivity index (χ1) is 12.6. The van der Waals surface area contributed by atoms with E-state index >= 15 is 0 Å². The van der Waals surface area contributed by atoms with Crippen LogP contribution in [0, 0.1) is 5.41 Å². The molecule has 27 heavy (non-hydrogen) atoms. The van der Waals surface area contributed by atoms with Crippen LogP contribution in [0.2, 0.25) is 0 Å². The molecule has 10 nitrogen and oxygen atoms in total. The van der Waals surface area contributed by atoms with E-state index in [1.54, 1.807) is 20.0 Å². The van der Waals surface area contributed by atoms with Gasteiger partial charge in [-0.25, -0.2) is 4.79 Å². The van der Waals surface area contributed by atoms with Crippen LogP contribution in [0.3, 0.4) is 0 Å². The number of hydrogen-bond donors (Lipinski definition) is 3. The van der Waals surface area contributed by atoms with Crippen LogP contribution < -0.4 is 0 Å². The number of rotatable bonds is 9. The highest BCUT2D eigenvalue weighted by Gasteiger charge is 2.28. The van der Waals surface area contributed by atoms with E-state index in [0.717, 1.165) is 0 Å². The molecule has 2 heterocycles. The molecular formula is C17H24N4O6. The third-order valence-electron chi connectivity index (χ3n) is 4.37. The number of carbonyl (C=O) groups is 2. The predicted octanol–water partition coefficient (Wildman–Crippen LogP) is 0.982. The number of aromatic nitrogens is 4. The minimum absolute atomic E-state index is 0.0418. The van der Waals surface area contributed by atoms with Crippen molar-refractivity contribution in [3.63, 3.8) is 0 Å².